The molecule has 19 heavy (non-hydrogen) atoms. The van der Waals surface area contributed by atoms with Crippen LogP contribution in [0.2, 0.25) is 0 Å². The van der Waals surface area contributed by atoms with E-state index in [0.717, 1.165) is 16.9 Å². The van der Waals surface area contributed by atoms with Gasteiger partial charge in [0, 0.05) is 13.2 Å². The number of aromatic nitrogens is 4. The molecular formula is C13H12N6. The quantitative estimate of drug-likeness (QED) is 0.711. The van der Waals surface area contributed by atoms with Gasteiger partial charge in [0.2, 0.25) is 5.95 Å². The van der Waals surface area contributed by atoms with Crippen LogP contribution in [0.1, 0.15) is 11.3 Å². The van der Waals surface area contributed by atoms with Gasteiger partial charge in [-0.3, -0.25) is 9.25 Å². The summed E-state index contributed by atoms with van der Waals surface area (Å²) in [5, 5.41) is 13.4. The maximum absolute atomic E-state index is 9.11. The van der Waals surface area contributed by atoms with Crippen molar-refractivity contribution in [3.8, 4) is 11.8 Å². The van der Waals surface area contributed by atoms with Crippen LogP contribution >= 0.6 is 0 Å². The minimum Gasteiger partial charge on any atom is -0.369 e. The Morgan fingerprint density at radius 2 is 2.16 bits per heavy atom. The number of aryl methyl sites for hydroxylation is 2. The van der Waals surface area contributed by atoms with Gasteiger partial charge in [-0.2, -0.15) is 10.4 Å². The van der Waals surface area contributed by atoms with Crippen LogP contribution in [0.5, 0.6) is 0 Å². The van der Waals surface area contributed by atoms with Gasteiger partial charge < -0.3 is 5.73 Å². The molecule has 0 fully saturated rings. The first-order chi connectivity index (χ1) is 9.11. The molecule has 0 saturated heterocycles. The van der Waals surface area contributed by atoms with Gasteiger partial charge in [-0.1, -0.05) is 6.07 Å². The van der Waals surface area contributed by atoms with E-state index >= 15 is 0 Å². The van der Waals surface area contributed by atoms with Gasteiger partial charge in [0.05, 0.1) is 22.5 Å². The predicted octanol–water partition coefficient (Wildman–Crippen LogP) is 1.52. The largest absolute Gasteiger partial charge is 0.369 e. The van der Waals surface area contributed by atoms with E-state index in [-0.39, 0.29) is 0 Å². The minimum absolute atomic E-state index is 0.355. The normalized spacial score (nSPS) is 10.8. The number of anilines is 1. The molecule has 2 aromatic heterocycles. The number of nitrogens with zero attached hydrogens (tertiary/aromatic N) is 5. The highest BCUT2D eigenvalue weighted by atomic mass is 15.3. The van der Waals surface area contributed by atoms with E-state index in [9.17, 15) is 0 Å². The average Bonchev–Trinajstić information content (AvgIpc) is 2.87. The van der Waals surface area contributed by atoms with Crippen molar-refractivity contribution in [1.29, 1.82) is 5.26 Å². The van der Waals surface area contributed by atoms with E-state index in [1.165, 1.54) is 0 Å². The zero-order valence-electron chi connectivity index (χ0n) is 10.6. The summed E-state index contributed by atoms with van der Waals surface area (Å²) in [6.07, 6.45) is 1.88. The molecule has 3 rings (SSSR count). The van der Waals surface area contributed by atoms with Crippen LogP contribution in [-0.4, -0.2) is 19.3 Å². The fraction of sp³-hybridized carbons (Fsp3) is 0.154. The Labute approximate surface area is 109 Å². The van der Waals surface area contributed by atoms with Gasteiger partial charge in [0.25, 0.3) is 0 Å². The van der Waals surface area contributed by atoms with Gasteiger partial charge in [-0.15, -0.1) is 0 Å². The Hall–Kier alpha value is -2.81. The lowest BCUT2D eigenvalue weighted by molar-refractivity contribution is 0.756. The van der Waals surface area contributed by atoms with Crippen molar-refractivity contribution >= 4 is 17.0 Å². The molecule has 6 heteroatoms. The number of hydrogen-bond acceptors (Lipinski definition) is 4. The summed E-state index contributed by atoms with van der Waals surface area (Å²) < 4.78 is 3.54. The molecule has 0 amide bonds. The number of hydrogen-bond donors (Lipinski definition) is 1. The van der Waals surface area contributed by atoms with Crippen LogP contribution in [0.4, 0.5) is 5.95 Å². The zero-order chi connectivity index (χ0) is 13.6. The lowest BCUT2D eigenvalue weighted by atomic mass is 10.2. The van der Waals surface area contributed by atoms with Gasteiger partial charge in [-0.05, 0) is 19.1 Å². The number of para-hydroxylation sites is 1. The molecule has 0 saturated carbocycles. The maximum atomic E-state index is 9.11. The third-order valence-corrected chi connectivity index (χ3v) is 3.06. The molecule has 2 heterocycles. The first-order valence-corrected chi connectivity index (χ1v) is 5.79. The number of nitrogen functional groups attached to an aromatic ring is 1. The second-order valence-electron chi connectivity index (χ2n) is 4.36. The topological polar surface area (TPSA) is 85.4 Å². The van der Waals surface area contributed by atoms with E-state index in [4.69, 9.17) is 11.0 Å². The minimum atomic E-state index is 0.355. The van der Waals surface area contributed by atoms with Crippen molar-refractivity contribution in [2.24, 2.45) is 7.05 Å². The molecule has 0 spiro atoms. The number of nitrogens with two attached hydrogens (primary N) is 1. The highest BCUT2D eigenvalue weighted by Crippen LogP contribution is 2.26. The van der Waals surface area contributed by atoms with Crippen LogP contribution in [0.3, 0.4) is 0 Å². The Bertz CT molecular complexity index is 818. The molecule has 0 radical (unpaired) electrons. The SMILES string of the molecule is Cc1nn(C)cc1-n1c(N)nc2c(C#N)cccc21. The molecule has 3 aromatic rings. The van der Waals surface area contributed by atoms with Crippen molar-refractivity contribution in [1.82, 2.24) is 19.3 Å². The van der Waals surface area contributed by atoms with E-state index in [1.54, 1.807) is 10.7 Å². The maximum Gasteiger partial charge on any atom is 0.206 e. The fourth-order valence-electron chi connectivity index (χ4n) is 2.27. The Balaban J connectivity index is 2.40. The van der Waals surface area contributed by atoms with Crippen LogP contribution in [0.25, 0.3) is 16.7 Å². The number of fused-ring (bicyclic) bond motifs is 1. The van der Waals surface area contributed by atoms with Gasteiger partial charge in [0.15, 0.2) is 0 Å². The second-order valence-corrected chi connectivity index (χ2v) is 4.36. The average molecular weight is 252 g/mol. The van der Waals surface area contributed by atoms with Gasteiger partial charge in [0.1, 0.15) is 11.6 Å². The monoisotopic (exact) mass is 252 g/mol. The standard InChI is InChI=1S/C13H12N6/c1-8-11(7-18(2)17-8)19-10-5-3-4-9(6-14)12(10)16-13(19)15/h3-5,7H,1-2H3,(H2,15,16). The molecule has 94 valence electrons. The van der Waals surface area contributed by atoms with E-state index in [1.807, 2.05) is 36.9 Å². The summed E-state index contributed by atoms with van der Waals surface area (Å²) in [6.45, 7) is 1.91. The molecule has 6 nitrogen and oxygen atoms in total. The summed E-state index contributed by atoms with van der Waals surface area (Å²) in [7, 11) is 1.85. The van der Waals surface area contributed by atoms with Crippen LogP contribution in [-0.2, 0) is 7.05 Å². The van der Waals surface area contributed by atoms with Crippen LogP contribution in [0, 0.1) is 18.3 Å². The summed E-state index contributed by atoms with van der Waals surface area (Å²) >= 11 is 0. The Kier molecular flexibility index (Phi) is 2.29. The Morgan fingerprint density at radius 1 is 1.37 bits per heavy atom. The summed E-state index contributed by atoms with van der Waals surface area (Å²) in [5.74, 6) is 0.355. The summed E-state index contributed by atoms with van der Waals surface area (Å²) in [4.78, 5) is 4.29. The van der Waals surface area contributed by atoms with Gasteiger partial charge in [-0.25, -0.2) is 4.98 Å². The zero-order valence-corrected chi connectivity index (χ0v) is 10.6. The summed E-state index contributed by atoms with van der Waals surface area (Å²) in [5.41, 5.74) is 9.67. The number of benzene rings is 1. The highest BCUT2D eigenvalue weighted by Gasteiger charge is 2.15. The first kappa shape index (κ1) is 11.3. The number of rotatable bonds is 1. The van der Waals surface area contributed by atoms with Crippen molar-refractivity contribution < 1.29 is 0 Å². The molecule has 0 unspecified atom stereocenters. The lowest BCUT2D eigenvalue weighted by Crippen LogP contribution is -2.00. The highest BCUT2D eigenvalue weighted by molar-refractivity contribution is 5.85. The number of nitriles is 1. The molecule has 2 N–H and O–H groups in total. The molecule has 0 atom stereocenters. The molecular weight excluding hydrogens is 240 g/mol. The van der Waals surface area contributed by atoms with E-state index in [0.29, 0.717) is 17.0 Å². The molecule has 0 aliphatic heterocycles. The molecule has 0 aliphatic carbocycles. The van der Waals surface area contributed by atoms with E-state index in [2.05, 4.69) is 16.2 Å². The Morgan fingerprint density at radius 3 is 2.79 bits per heavy atom. The molecule has 1 aromatic carbocycles. The van der Waals surface area contributed by atoms with Gasteiger partial charge >= 0.3 is 0 Å². The third-order valence-electron chi connectivity index (χ3n) is 3.06. The van der Waals surface area contributed by atoms with Crippen LogP contribution < -0.4 is 5.73 Å². The third kappa shape index (κ3) is 1.56. The van der Waals surface area contributed by atoms with Crippen molar-refractivity contribution in [2.75, 3.05) is 5.73 Å². The fourth-order valence-corrected chi connectivity index (χ4v) is 2.27. The molecule has 0 aliphatic rings. The lowest BCUT2D eigenvalue weighted by Gasteiger charge is -2.04. The first-order valence-electron chi connectivity index (χ1n) is 5.79. The van der Waals surface area contributed by atoms with Crippen molar-refractivity contribution in [2.45, 2.75) is 6.92 Å². The van der Waals surface area contributed by atoms with E-state index < -0.39 is 0 Å². The molecule has 0 bridgehead atoms. The smallest absolute Gasteiger partial charge is 0.206 e. The predicted molar refractivity (Wildman–Crippen MR) is 71.7 cm³/mol. The number of imidazole rings is 1. The summed E-state index contributed by atoms with van der Waals surface area (Å²) in [6, 6.07) is 7.58. The van der Waals surface area contributed by atoms with Crippen molar-refractivity contribution in [3.63, 3.8) is 0 Å². The van der Waals surface area contributed by atoms with Crippen LogP contribution in [0.15, 0.2) is 24.4 Å². The second kappa shape index (κ2) is 3.85. The van der Waals surface area contributed by atoms with Crippen molar-refractivity contribution in [3.05, 3.63) is 35.7 Å².